The summed E-state index contributed by atoms with van der Waals surface area (Å²) in [6.45, 7) is 6.34. The SMILES string of the molecule is COCC(=O)NCCc1nc2ccccc2n1CCCCOc1cc(C)ccc1C. The summed E-state index contributed by atoms with van der Waals surface area (Å²) in [5.74, 6) is 1.85. The minimum absolute atomic E-state index is 0.0802. The molecule has 1 aromatic heterocycles. The third-order valence-corrected chi connectivity index (χ3v) is 5.06. The Kier molecular flexibility index (Phi) is 7.85. The van der Waals surface area contributed by atoms with Crippen molar-refractivity contribution >= 4 is 16.9 Å². The van der Waals surface area contributed by atoms with Crippen LogP contribution < -0.4 is 10.1 Å². The van der Waals surface area contributed by atoms with E-state index in [1.54, 1.807) is 0 Å². The minimum atomic E-state index is -0.108. The molecule has 0 unspecified atom stereocenters. The number of nitrogens with zero attached hydrogens (tertiary/aromatic N) is 2. The van der Waals surface area contributed by atoms with Gasteiger partial charge in [0.05, 0.1) is 17.6 Å². The molecule has 6 nitrogen and oxygen atoms in total. The zero-order valence-corrected chi connectivity index (χ0v) is 18.1. The van der Waals surface area contributed by atoms with Crippen LogP contribution in [0, 0.1) is 13.8 Å². The molecule has 3 rings (SSSR count). The number of aromatic nitrogens is 2. The third-order valence-electron chi connectivity index (χ3n) is 5.06. The van der Waals surface area contributed by atoms with Crippen LogP contribution in [0.4, 0.5) is 0 Å². The van der Waals surface area contributed by atoms with Crippen LogP contribution in [0.2, 0.25) is 0 Å². The Hall–Kier alpha value is -2.86. The van der Waals surface area contributed by atoms with Gasteiger partial charge in [0.15, 0.2) is 0 Å². The van der Waals surface area contributed by atoms with E-state index in [9.17, 15) is 4.79 Å². The summed E-state index contributed by atoms with van der Waals surface area (Å²) in [6.07, 6.45) is 2.64. The van der Waals surface area contributed by atoms with Crippen molar-refractivity contribution in [1.82, 2.24) is 14.9 Å². The average molecular weight is 410 g/mol. The first kappa shape index (κ1) is 21.8. The predicted octanol–water partition coefficient (Wildman–Crippen LogP) is 3.82. The fourth-order valence-electron chi connectivity index (χ4n) is 3.48. The maximum atomic E-state index is 11.6. The molecule has 0 radical (unpaired) electrons. The summed E-state index contributed by atoms with van der Waals surface area (Å²) in [4.78, 5) is 16.4. The average Bonchev–Trinajstić information content (AvgIpc) is 3.08. The molecule has 0 aliphatic rings. The summed E-state index contributed by atoms with van der Waals surface area (Å²) in [5.41, 5.74) is 4.50. The highest BCUT2D eigenvalue weighted by Crippen LogP contribution is 2.20. The fourth-order valence-corrected chi connectivity index (χ4v) is 3.48. The number of benzene rings is 2. The first-order valence-electron chi connectivity index (χ1n) is 10.5. The van der Waals surface area contributed by atoms with E-state index in [4.69, 9.17) is 14.5 Å². The van der Waals surface area contributed by atoms with E-state index in [0.717, 1.165) is 42.0 Å². The largest absolute Gasteiger partial charge is 0.493 e. The smallest absolute Gasteiger partial charge is 0.245 e. The number of methoxy groups -OCH3 is 1. The number of imidazole rings is 1. The van der Waals surface area contributed by atoms with Crippen LogP contribution in [0.3, 0.4) is 0 Å². The summed E-state index contributed by atoms with van der Waals surface area (Å²) in [5, 5.41) is 2.87. The van der Waals surface area contributed by atoms with E-state index >= 15 is 0 Å². The number of fused-ring (bicyclic) bond motifs is 1. The highest BCUT2D eigenvalue weighted by atomic mass is 16.5. The van der Waals surface area contributed by atoms with Crippen LogP contribution in [0.15, 0.2) is 42.5 Å². The molecule has 0 saturated carbocycles. The van der Waals surface area contributed by atoms with E-state index in [2.05, 4.69) is 48.0 Å². The Morgan fingerprint density at radius 2 is 1.97 bits per heavy atom. The van der Waals surface area contributed by atoms with Crippen molar-refractivity contribution in [3.8, 4) is 5.75 Å². The van der Waals surface area contributed by atoms with Crippen LogP contribution in [0.25, 0.3) is 11.0 Å². The van der Waals surface area contributed by atoms with Crippen LogP contribution in [0.1, 0.15) is 29.8 Å². The molecule has 1 heterocycles. The van der Waals surface area contributed by atoms with Crippen LogP contribution in [0.5, 0.6) is 5.75 Å². The molecular formula is C24H31N3O3. The number of hydrogen-bond donors (Lipinski definition) is 1. The monoisotopic (exact) mass is 409 g/mol. The summed E-state index contributed by atoms with van der Waals surface area (Å²) < 4.78 is 13.1. The lowest BCUT2D eigenvalue weighted by molar-refractivity contribution is -0.124. The number of rotatable bonds is 11. The van der Waals surface area contributed by atoms with Gasteiger partial charge in [0.1, 0.15) is 18.2 Å². The summed E-state index contributed by atoms with van der Waals surface area (Å²) >= 11 is 0. The van der Waals surface area contributed by atoms with Crippen molar-refractivity contribution in [2.75, 3.05) is 26.9 Å². The van der Waals surface area contributed by atoms with Gasteiger partial charge in [-0.1, -0.05) is 24.3 Å². The van der Waals surface area contributed by atoms with Crippen LogP contribution in [-0.4, -0.2) is 42.3 Å². The number of carbonyl (C=O) groups excluding carboxylic acids is 1. The molecule has 0 atom stereocenters. The number of para-hydroxylation sites is 2. The van der Waals surface area contributed by atoms with Gasteiger partial charge in [-0.25, -0.2) is 4.98 Å². The molecule has 30 heavy (non-hydrogen) atoms. The first-order valence-corrected chi connectivity index (χ1v) is 10.5. The Bertz CT molecular complexity index is 981. The number of unbranched alkanes of at least 4 members (excludes halogenated alkanes) is 1. The van der Waals surface area contributed by atoms with Crippen molar-refractivity contribution in [3.05, 3.63) is 59.4 Å². The Labute approximate surface area is 178 Å². The number of aryl methyl sites for hydroxylation is 3. The number of nitrogens with one attached hydrogen (secondary N) is 1. The summed E-state index contributed by atoms with van der Waals surface area (Å²) in [7, 11) is 1.52. The Morgan fingerprint density at radius 1 is 1.13 bits per heavy atom. The van der Waals surface area contributed by atoms with E-state index < -0.39 is 0 Å². The van der Waals surface area contributed by atoms with Crippen molar-refractivity contribution in [1.29, 1.82) is 0 Å². The molecule has 3 aromatic rings. The van der Waals surface area contributed by atoms with Gasteiger partial charge in [0, 0.05) is 26.6 Å². The second kappa shape index (κ2) is 10.8. The van der Waals surface area contributed by atoms with Crippen LogP contribution >= 0.6 is 0 Å². The second-order valence-electron chi connectivity index (χ2n) is 7.53. The topological polar surface area (TPSA) is 65.4 Å². The molecule has 1 N–H and O–H groups in total. The number of hydrogen-bond acceptors (Lipinski definition) is 4. The molecule has 1 amide bonds. The van der Waals surface area contributed by atoms with Gasteiger partial charge in [0.2, 0.25) is 5.91 Å². The fraction of sp³-hybridized carbons (Fsp3) is 0.417. The number of amides is 1. The van der Waals surface area contributed by atoms with Gasteiger partial charge in [-0.15, -0.1) is 0 Å². The van der Waals surface area contributed by atoms with E-state index in [1.165, 1.54) is 18.2 Å². The lowest BCUT2D eigenvalue weighted by Crippen LogP contribution is -2.29. The number of carbonyl (C=O) groups is 1. The maximum absolute atomic E-state index is 11.6. The Morgan fingerprint density at radius 3 is 2.80 bits per heavy atom. The van der Waals surface area contributed by atoms with Gasteiger partial charge < -0.3 is 19.4 Å². The maximum Gasteiger partial charge on any atom is 0.245 e. The van der Waals surface area contributed by atoms with Crippen molar-refractivity contribution in [2.24, 2.45) is 0 Å². The third kappa shape index (κ3) is 5.83. The zero-order valence-electron chi connectivity index (χ0n) is 18.1. The molecule has 6 heteroatoms. The molecule has 0 aliphatic carbocycles. The summed E-state index contributed by atoms with van der Waals surface area (Å²) in [6, 6.07) is 14.5. The molecule has 0 fully saturated rings. The van der Waals surface area contributed by atoms with Crippen molar-refractivity contribution in [2.45, 2.75) is 39.7 Å². The zero-order chi connectivity index (χ0) is 21.3. The lowest BCUT2D eigenvalue weighted by atomic mass is 10.1. The molecule has 2 aromatic carbocycles. The van der Waals surface area contributed by atoms with Crippen molar-refractivity contribution in [3.63, 3.8) is 0 Å². The standard InChI is InChI=1S/C24H31N3O3/c1-18-10-11-19(2)22(16-18)30-15-7-6-14-27-21-9-5-4-8-20(21)26-23(27)12-13-25-24(28)17-29-3/h4-5,8-11,16H,6-7,12-15,17H2,1-3H3,(H,25,28). The van der Waals surface area contributed by atoms with Gasteiger partial charge in [-0.2, -0.15) is 0 Å². The normalized spacial score (nSPS) is 11.0. The molecule has 0 bridgehead atoms. The van der Waals surface area contributed by atoms with Crippen LogP contribution in [-0.2, 0) is 22.5 Å². The van der Waals surface area contributed by atoms with Gasteiger partial charge in [0.25, 0.3) is 0 Å². The first-order chi connectivity index (χ1) is 14.6. The highest BCUT2D eigenvalue weighted by Gasteiger charge is 2.11. The molecule has 160 valence electrons. The quantitative estimate of drug-likeness (QED) is 0.489. The Balaban J connectivity index is 1.56. The molecule has 0 aliphatic heterocycles. The molecular weight excluding hydrogens is 378 g/mol. The van der Waals surface area contributed by atoms with Gasteiger partial charge in [-0.3, -0.25) is 4.79 Å². The minimum Gasteiger partial charge on any atom is -0.493 e. The van der Waals surface area contributed by atoms with E-state index in [-0.39, 0.29) is 12.5 Å². The molecule has 0 spiro atoms. The predicted molar refractivity (Wildman–Crippen MR) is 119 cm³/mol. The van der Waals surface area contributed by atoms with Gasteiger partial charge in [-0.05, 0) is 56.0 Å². The molecule has 0 saturated heterocycles. The van der Waals surface area contributed by atoms with E-state index in [0.29, 0.717) is 19.6 Å². The van der Waals surface area contributed by atoms with Crippen molar-refractivity contribution < 1.29 is 14.3 Å². The van der Waals surface area contributed by atoms with E-state index in [1.807, 2.05) is 18.2 Å². The second-order valence-corrected chi connectivity index (χ2v) is 7.53. The lowest BCUT2D eigenvalue weighted by Gasteiger charge is -2.12. The van der Waals surface area contributed by atoms with Gasteiger partial charge >= 0.3 is 0 Å². The number of ether oxygens (including phenoxy) is 2. The highest BCUT2D eigenvalue weighted by molar-refractivity contribution is 5.77.